The van der Waals surface area contributed by atoms with Crippen molar-refractivity contribution in [1.29, 1.82) is 0 Å². The van der Waals surface area contributed by atoms with Gasteiger partial charge in [0.15, 0.2) is 0 Å². The molecule has 2 aliphatic rings. The van der Waals surface area contributed by atoms with Gasteiger partial charge in [-0.25, -0.2) is 4.79 Å². The second-order valence-corrected chi connectivity index (χ2v) is 6.18. The molecular weight excluding hydrogens is 262 g/mol. The molecule has 1 heterocycles. The Balaban J connectivity index is 1.98. The van der Waals surface area contributed by atoms with E-state index in [1.165, 1.54) is 4.90 Å². The maximum atomic E-state index is 12.4. The van der Waals surface area contributed by atoms with Crippen LogP contribution in [0.1, 0.15) is 45.4 Å². The van der Waals surface area contributed by atoms with Gasteiger partial charge in [-0.15, -0.1) is 0 Å². The van der Waals surface area contributed by atoms with Crippen molar-refractivity contribution in [3.05, 3.63) is 0 Å². The Kier molecular flexibility index (Phi) is 4.01. The van der Waals surface area contributed by atoms with Crippen molar-refractivity contribution in [2.45, 2.75) is 51.5 Å². The summed E-state index contributed by atoms with van der Waals surface area (Å²) >= 11 is 0. The van der Waals surface area contributed by atoms with E-state index in [1.807, 2.05) is 0 Å². The molecule has 2 rings (SSSR count). The average Bonchev–Trinajstić information content (AvgIpc) is 2.39. The SMILES string of the molecule is CC1CCC2(CC1)CN([C@@H](CCC(=O)O)C(=O)O)C2=O. The van der Waals surface area contributed by atoms with E-state index in [9.17, 15) is 19.5 Å². The first-order chi connectivity index (χ1) is 9.35. The fourth-order valence-electron chi connectivity index (χ4n) is 3.29. The molecule has 1 spiro atoms. The summed E-state index contributed by atoms with van der Waals surface area (Å²) < 4.78 is 0. The van der Waals surface area contributed by atoms with Crippen LogP contribution in [0, 0.1) is 11.3 Å². The summed E-state index contributed by atoms with van der Waals surface area (Å²) in [4.78, 5) is 35.5. The van der Waals surface area contributed by atoms with E-state index in [0.717, 1.165) is 25.7 Å². The van der Waals surface area contributed by atoms with Crippen LogP contribution in [0.2, 0.25) is 0 Å². The average molecular weight is 283 g/mol. The number of carboxylic acids is 2. The van der Waals surface area contributed by atoms with Crippen LogP contribution in [0.15, 0.2) is 0 Å². The van der Waals surface area contributed by atoms with Crippen LogP contribution >= 0.6 is 0 Å². The Hall–Kier alpha value is -1.59. The predicted octanol–water partition coefficient (Wildman–Crippen LogP) is 1.34. The van der Waals surface area contributed by atoms with Crippen LogP contribution in [-0.2, 0) is 14.4 Å². The summed E-state index contributed by atoms with van der Waals surface area (Å²) in [7, 11) is 0. The van der Waals surface area contributed by atoms with Gasteiger partial charge in [-0.1, -0.05) is 6.92 Å². The zero-order valence-electron chi connectivity index (χ0n) is 11.7. The lowest BCUT2D eigenvalue weighted by molar-refractivity contribution is -0.176. The molecule has 0 radical (unpaired) electrons. The number of amides is 1. The molecule has 1 saturated carbocycles. The molecule has 0 bridgehead atoms. The van der Waals surface area contributed by atoms with Gasteiger partial charge in [0.2, 0.25) is 5.91 Å². The number of carbonyl (C=O) groups excluding carboxylic acids is 1. The molecule has 0 unspecified atom stereocenters. The number of hydrogen-bond donors (Lipinski definition) is 2. The molecule has 2 fully saturated rings. The van der Waals surface area contributed by atoms with Gasteiger partial charge in [-0.2, -0.15) is 0 Å². The molecule has 0 aromatic carbocycles. The number of aliphatic carboxylic acids is 2. The molecule has 1 atom stereocenters. The summed E-state index contributed by atoms with van der Waals surface area (Å²) in [6.07, 6.45) is 3.41. The quantitative estimate of drug-likeness (QED) is 0.742. The minimum absolute atomic E-state index is 0.0249. The van der Waals surface area contributed by atoms with Gasteiger partial charge >= 0.3 is 11.9 Å². The van der Waals surface area contributed by atoms with Gasteiger partial charge in [0, 0.05) is 13.0 Å². The fraction of sp³-hybridized carbons (Fsp3) is 0.786. The van der Waals surface area contributed by atoms with Gasteiger partial charge in [0.05, 0.1) is 5.41 Å². The highest BCUT2D eigenvalue weighted by atomic mass is 16.4. The lowest BCUT2D eigenvalue weighted by atomic mass is 9.65. The predicted molar refractivity (Wildman–Crippen MR) is 70.1 cm³/mol. The standard InChI is InChI=1S/C14H21NO5/c1-9-4-6-14(7-5-9)8-15(13(14)20)10(12(18)19)2-3-11(16)17/h9-10H,2-8H2,1H3,(H,16,17)(H,18,19)/t9?,10-,14?/m0/s1. The zero-order chi connectivity index (χ0) is 14.9. The number of carbonyl (C=O) groups is 3. The van der Waals surface area contributed by atoms with Gasteiger partial charge in [0.25, 0.3) is 0 Å². The van der Waals surface area contributed by atoms with Crippen LogP contribution in [0.4, 0.5) is 0 Å². The lowest BCUT2D eigenvalue weighted by Gasteiger charge is -2.53. The molecule has 112 valence electrons. The van der Waals surface area contributed by atoms with E-state index in [1.54, 1.807) is 0 Å². The van der Waals surface area contributed by atoms with E-state index in [2.05, 4.69) is 6.92 Å². The molecular formula is C14H21NO5. The van der Waals surface area contributed by atoms with Crippen molar-refractivity contribution < 1.29 is 24.6 Å². The largest absolute Gasteiger partial charge is 0.481 e. The third-order valence-corrected chi connectivity index (χ3v) is 4.71. The Morgan fingerprint density at radius 3 is 2.40 bits per heavy atom. The number of nitrogens with zero attached hydrogens (tertiary/aromatic N) is 1. The summed E-state index contributed by atoms with van der Waals surface area (Å²) in [6.45, 7) is 2.63. The van der Waals surface area contributed by atoms with Crippen molar-refractivity contribution in [1.82, 2.24) is 4.90 Å². The maximum absolute atomic E-state index is 12.4. The summed E-state index contributed by atoms with van der Waals surface area (Å²) in [6, 6.07) is -0.997. The van der Waals surface area contributed by atoms with Crippen molar-refractivity contribution in [2.75, 3.05) is 6.54 Å². The molecule has 6 nitrogen and oxygen atoms in total. The Labute approximate surface area is 117 Å². The van der Waals surface area contributed by atoms with Crippen LogP contribution < -0.4 is 0 Å². The Bertz CT molecular complexity index is 425. The number of rotatable bonds is 5. The van der Waals surface area contributed by atoms with Crippen LogP contribution in [-0.4, -0.2) is 45.5 Å². The summed E-state index contributed by atoms with van der Waals surface area (Å²) in [5, 5.41) is 17.8. The second-order valence-electron chi connectivity index (χ2n) is 6.18. The number of hydrogen-bond acceptors (Lipinski definition) is 3. The number of likely N-dealkylation sites (tertiary alicyclic amines) is 1. The van der Waals surface area contributed by atoms with Gasteiger partial charge in [-0.3, -0.25) is 9.59 Å². The molecule has 2 N–H and O–H groups in total. The first kappa shape index (κ1) is 14.8. The third kappa shape index (κ3) is 2.64. The first-order valence-corrected chi connectivity index (χ1v) is 7.11. The minimum atomic E-state index is -1.11. The summed E-state index contributed by atoms with van der Waals surface area (Å²) in [5.41, 5.74) is -0.358. The highest BCUT2D eigenvalue weighted by Gasteiger charge is 2.55. The molecule has 1 saturated heterocycles. The monoisotopic (exact) mass is 283 g/mol. The second kappa shape index (κ2) is 5.42. The molecule has 20 heavy (non-hydrogen) atoms. The fourth-order valence-corrected chi connectivity index (χ4v) is 3.29. The van der Waals surface area contributed by atoms with Crippen molar-refractivity contribution in [3.8, 4) is 0 Å². The smallest absolute Gasteiger partial charge is 0.326 e. The van der Waals surface area contributed by atoms with E-state index in [4.69, 9.17) is 5.11 Å². The molecule has 0 aromatic heterocycles. The zero-order valence-corrected chi connectivity index (χ0v) is 11.7. The Morgan fingerprint density at radius 2 is 1.95 bits per heavy atom. The molecule has 1 aliphatic carbocycles. The van der Waals surface area contributed by atoms with Crippen molar-refractivity contribution in [3.63, 3.8) is 0 Å². The summed E-state index contributed by atoms with van der Waals surface area (Å²) in [5.74, 6) is -1.61. The third-order valence-electron chi connectivity index (χ3n) is 4.71. The molecule has 0 aromatic rings. The number of β-lactam (4-membered cyclic amide) rings is 1. The van der Waals surface area contributed by atoms with Crippen molar-refractivity contribution in [2.24, 2.45) is 11.3 Å². The van der Waals surface area contributed by atoms with Gasteiger partial charge < -0.3 is 15.1 Å². The molecule has 1 amide bonds. The van der Waals surface area contributed by atoms with E-state index in [0.29, 0.717) is 12.5 Å². The van der Waals surface area contributed by atoms with Gasteiger partial charge in [0.1, 0.15) is 6.04 Å². The van der Waals surface area contributed by atoms with E-state index in [-0.39, 0.29) is 24.2 Å². The molecule has 1 aliphatic heterocycles. The highest BCUT2D eigenvalue weighted by Crippen LogP contribution is 2.47. The highest BCUT2D eigenvalue weighted by molar-refractivity contribution is 5.93. The normalized spacial score (nSPS) is 30.9. The number of carboxylic acid groups (broad SMARTS) is 2. The topological polar surface area (TPSA) is 94.9 Å². The first-order valence-electron chi connectivity index (χ1n) is 7.11. The molecule has 6 heteroatoms. The van der Waals surface area contributed by atoms with Crippen molar-refractivity contribution >= 4 is 17.8 Å². The minimum Gasteiger partial charge on any atom is -0.481 e. The maximum Gasteiger partial charge on any atom is 0.326 e. The Morgan fingerprint density at radius 1 is 1.35 bits per heavy atom. The van der Waals surface area contributed by atoms with Crippen LogP contribution in [0.3, 0.4) is 0 Å². The van der Waals surface area contributed by atoms with Crippen LogP contribution in [0.5, 0.6) is 0 Å². The van der Waals surface area contributed by atoms with Gasteiger partial charge in [-0.05, 0) is 38.0 Å². The van der Waals surface area contributed by atoms with Crippen LogP contribution in [0.25, 0.3) is 0 Å². The van der Waals surface area contributed by atoms with E-state index < -0.39 is 18.0 Å². The lowest BCUT2D eigenvalue weighted by Crippen LogP contribution is -2.66. The van der Waals surface area contributed by atoms with E-state index >= 15 is 0 Å².